The van der Waals surface area contributed by atoms with Crippen LogP contribution in [0.25, 0.3) is 0 Å². The van der Waals surface area contributed by atoms with Crippen molar-refractivity contribution in [1.29, 1.82) is 0 Å². The Hall–Kier alpha value is -1.55. The van der Waals surface area contributed by atoms with E-state index in [-0.39, 0.29) is 11.9 Å². The van der Waals surface area contributed by atoms with Gasteiger partial charge in [0.1, 0.15) is 0 Å². The van der Waals surface area contributed by atoms with Crippen LogP contribution in [-0.2, 0) is 9.63 Å². The van der Waals surface area contributed by atoms with E-state index < -0.39 is 6.10 Å². The molecule has 0 fully saturated rings. The van der Waals surface area contributed by atoms with E-state index in [1.165, 1.54) is 0 Å². The summed E-state index contributed by atoms with van der Waals surface area (Å²) in [7, 11) is 0. The van der Waals surface area contributed by atoms with E-state index in [2.05, 4.69) is 10.5 Å². The number of rotatable bonds is 4. The van der Waals surface area contributed by atoms with Gasteiger partial charge in [0, 0.05) is 23.0 Å². The van der Waals surface area contributed by atoms with Crippen LogP contribution in [0.15, 0.2) is 29.4 Å². The third-order valence-electron chi connectivity index (χ3n) is 3.15. The maximum absolute atomic E-state index is 11.9. The van der Waals surface area contributed by atoms with Gasteiger partial charge in [0.05, 0.1) is 5.71 Å². The van der Waals surface area contributed by atoms with Crippen LogP contribution in [0.2, 0.25) is 5.02 Å². The molecule has 0 aliphatic carbocycles. The predicted octanol–water partition coefficient (Wildman–Crippen LogP) is 2.75. The molecule has 5 heteroatoms. The zero-order valence-corrected chi connectivity index (χ0v) is 11.8. The van der Waals surface area contributed by atoms with Gasteiger partial charge in [-0.2, -0.15) is 0 Å². The fraction of sp³-hybridized carbons (Fsp3) is 0.429. The molecule has 2 atom stereocenters. The molecule has 19 heavy (non-hydrogen) atoms. The molecule has 4 nitrogen and oxygen atoms in total. The second-order valence-corrected chi connectivity index (χ2v) is 5.04. The van der Waals surface area contributed by atoms with Crippen molar-refractivity contribution in [3.63, 3.8) is 0 Å². The Morgan fingerprint density at radius 3 is 3.00 bits per heavy atom. The summed E-state index contributed by atoms with van der Waals surface area (Å²) in [6.45, 7) is 3.98. The average Bonchev–Trinajstić information content (AvgIpc) is 2.88. The Bertz CT molecular complexity index is 502. The molecule has 1 aliphatic heterocycles. The highest BCUT2D eigenvalue weighted by Crippen LogP contribution is 2.22. The lowest BCUT2D eigenvalue weighted by Gasteiger charge is -2.14. The molecule has 1 aliphatic rings. The zero-order chi connectivity index (χ0) is 13.8. The Balaban J connectivity index is 2.00. The first kappa shape index (κ1) is 13.9. The van der Waals surface area contributed by atoms with Crippen molar-refractivity contribution >= 4 is 23.2 Å². The first-order chi connectivity index (χ1) is 9.11. The van der Waals surface area contributed by atoms with Crippen LogP contribution >= 0.6 is 11.6 Å². The topological polar surface area (TPSA) is 50.7 Å². The summed E-state index contributed by atoms with van der Waals surface area (Å²) in [6.07, 6.45) is 0.781. The van der Waals surface area contributed by atoms with E-state index in [1.807, 2.05) is 32.0 Å². The molecule has 102 valence electrons. The Morgan fingerprint density at radius 1 is 1.58 bits per heavy atom. The van der Waals surface area contributed by atoms with Gasteiger partial charge in [0.2, 0.25) is 6.10 Å². The monoisotopic (exact) mass is 280 g/mol. The Morgan fingerprint density at radius 2 is 2.32 bits per heavy atom. The van der Waals surface area contributed by atoms with Crippen molar-refractivity contribution in [1.82, 2.24) is 5.32 Å². The molecule has 1 N–H and O–H groups in total. The van der Waals surface area contributed by atoms with Crippen molar-refractivity contribution in [2.45, 2.75) is 38.8 Å². The smallest absolute Gasteiger partial charge is 0.264 e. The van der Waals surface area contributed by atoms with Crippen molar-refractivity contribution in [2.24, 2.45) is 5.16 Å². The summed E-state index contributed by atoms with van der Waals surface area (Å²) in [5.41, 5.74) is 1.54. The molecule has 0 aromatic heterocycles. The summed E-state index contributed by atoms with van der Waals surface area (Å²) in [6, 6.07) is 7.55. The third-order valence-corrected chi connectivity index (χ3v) is 3.48. The van der Waals surface area contributed by atoms with Crippen LogP contribution in [0.5, 0.6) is 0 Å². The maximum Gasteiger partial charge on any atom is 0.264 e. The van der Waals surface area contributed by atoms with E-state index in [1.54, 1.807) is 6.07 Å². The maximum atomic E-state index is 11.9. The standard InChI is InChI=1S/C14H17ClN2O2/c1-3-9(2)16-14(18)13-8-12(17-19-13)10-6-4-5-7-11(10)15/h4-7,9,13H,3,8H2,1-2H3,(H,16,18)/t9-,13-/m0/s1. The van der Waals surface area contributed by atoms with Gasteiger partial charge in [-0.05, 0) is 19.4 Å². The molecule has 0 bridgehead atoms. The number of hydrogen-bond acceptors (Lipinski definition) is 3. The predicted molar refractivity (Wildman–Crippen MR) is 75.4 cm³/mol. The van der Waals surface area contributed by atoms with E-state index in [0.29, 0.717) is 11.4 Å². The lowest BCUT2D eigenvalue weighted by atomic mass is 10.0. The third kappa shape index (κ3) is 3.26. The summed E-state index contributed by atoms with van der Waals surface area (Å²) < 4.78 is 0. The summed E-state index contributed by atoms with van der Waals surface area (Å²) in [4.78, 5) is 17.1. The molecule has 1 aromatic carbocycles. The number of amides is 1. The number of nitrogens with one attached hydrogen (secondary N) is 1. The number of carbonyl (C=O) groups is 1. The second-order valence-electron chi connectivity index (χ2n) is 4.63. The first-order valence-electron chi connectivity index (χ1n) is 6.39. The van der Waals surface area contributed by atoms with Gasteiger partial charge < -0.3 is 10.2 Å². The van der Waals surface area contributed by atoms with E-state index in [9.17, 15) is 4.79 Å². The highest BCUT2D eigenvalue weighted by molar-refractivity contribution is 6.34. The fourth-order valence-corrected chi connectivity index (χ4v) is 2.05. The van der Waals surface area contributed by atoms with Crippen LogP contribution in [-0.4, -0.2) is 23.8 Å². The van der Waals surface area contributed by atoms with Gasteiger partial charge in [-0.1, -0.05) is 41.9 Å². The Labute approximate surface area is 117 Å². The van der Waals surface area contributed by atoms with Crippen LogP contribution < -0.4 is 5.32 Å². The molecular formula is C14H17ClN2O2. The van der Waals surface area contributed by atoms with Gasteiger partial charge in [0.25, 0.3) is 5.91 Å². The lowest BCUT2D eigenvalue weighted by molar-refractivity contribution is -0.131. The molecule has 0 radical (unpaired) electrons. The highest BCUT2D eigenvalue weighted by Gasteiger charge is 2.29. The largest absolute Gasteiger partial charge is 0.382 e. The minimum atomic E-state index is -0.555. The number of hydrogen-bond donors (Lipinski definition) is 1. The van der Waals surface area contributed by atoms with Gasteiger partial charge in [-0.15, -0.1) is 0 Å². The molecule has 0 spiro atoms. The van der Waals surface area contributed by atoms with Gasteiger partial charge in [-0.25, -0.2) is 0 Å². The SMILES string of the molecule is CC[C@H](C)NC(=O)[C@@H]1CC(c2ccccc2Cl)=NO1. The fourth-order valence-electron chi connectivity index (χ4n) is 1.81. The molecule has 0 saturated carbocycles. The number of oxime groups is 1. The van der Waals surface area contributed by atoms with Crippen LogP contribution in [0, 0.1) is 0 Å². The van der Waals surface area contributed by atoms with E-state index >= 15 is 0 Å². The van der Waals surface area contributed by atoms with Gasteiger partial charge >= 0.3 is 0 Å². The van der Waals surface area contributed by atoms with Crippen LogP contribution in [0.1, 0.15) is 32.3 Å². The van der Waals surface area contributed by atoms with Gasteiger partial charge in [0.15, 0.2) is 0 Å². The number of benzene rings is 1. The second kappa shape index (κ2) is 6.06. The normalized spacial score (nSPS) is 19.5. The van der Waals surface area contributed by atoms with Crippen LogP contribution in [0.3, 0.4) is 0 Å². The minimum absolute atomic E-state index is 0.125. The highest BCUT2D eigenvalue weighted by atomic mass is 35.5. The first-order valence-corrected chi connectivity index (χ1v) is 6.77. The summed E-state index contributed by atoms with van der Waals surface area (Å²) in [5, 5.41) is 7.48. The van der Waals surface area contributed by atoms with E-state index in [4.69, 9.17) is 16.4 Å². The summed E-state index contributed by atoms with van der Waals surface area (Å²) in [5.74, 6) is -0.125. The summed E-state index contributed by atoms with van der Waals surface area (Å²) >= 11 is 6.10. The minimum Gasteiger partial charge on any atom is -0.382 e. The molecule has 1 aromatic rings. The average molecular weight is 281 g/mol. The van der Waals surface area contributed by atoms with Crippen molar-refractivity contribution in [2.75, 3.05) is 0 Å². The molecule has 2 rings (SSSR count). The van der Waals surface area contributed by atoms with Crippen molar-refractivity contribution in [3.8, 4) is 0 Å². The number of carbonyl (C=O) groups excluding carboxylic acids is 1. The van der Waals surface area contributed by atoms with E-state index in [0.717, 1.165) is 17.7 Å². The molecule has 1 amide bonds. The van der Waals surface area contributed by atoms with Crippen molar-refractivity contribution < 1.29 is 9.63 Å². The van der Waals surface area contributed by atoms with Crippen LogP contribution in [0.4, 0.5) is 0 Å². The van der Waals surface area contributed by atoms with Crippen molar-refractivity contribution in [3.05, 3.63) is 34.9 Å². The lowest BCUT2D eigenvalue weighted by Crippen LogP contribution is -2.39. The molecule has 0 saturated heterocycles. The quantitative estimate of drug-likeness (QED) is 0.922. The zero-order valence-electron chi connectivity index (χ0n) is 11.0. The molecule has 1 heterocycles. The number of halogens is 1. The molecular weight excluding hydrogens is 264 g/mol. The number of nitrogens with zero attached hydrogens (tertiary/aromatic N) is 1. The van der Waals surface area contributed by atoms with Gasteiger partial charge in [-0.3, -0.25) is 4.79 Å². The Kier molecular flexibility index (Phi) is 4.43. The molecule has 0 unspecified atom stereocenters.